The largest absolute Gasteiger partial charge is 0.256 e. The highest BCUT2D eigenvalue weighted by Gasteiger charge is 1.84. The van der Waals surface area contributed by atoms with Gasteiger partial charge in [-0.15, -0.1) is 0 Å². The fourth-order valence-corrected chi connectivity index (χ4v) is 0.382. The van der Waals surface area contributed by atoms with Crippen LogP contribution in [0.4, 0.5) is 0 Å². The summed E-state index contributed by atoms with van der Waals surface area (Å²) in [6.07, 6.45) is 0. The molecule has 0 atom stereocenters. The summed E-state index contributed by atoms with van der Waals surface area (Å²) < 4.78 is 0. The van der Waals surface area contributed by atoms with Gasteiger partial charge in [0, 0.05) is 20.1 Å². The second kappa shape index (κ2) is 4.09. The van der Waals surface area contributed by atoms with Gasteiger partial charge in [-0.1, -0.05) is 13.8 Å². The summed E-state index contributed by atoms with van der Waals surface area (Å²) in [5.74, 6) is 0. The molecule has 0 aliphatic heterocycles. The van der Waals surface area contributed by atoms with E-state index in [0.717, 1.165) is 13.1 Å². The molecule has 44 valence electrons. The van der Waals surface area contributed by atoms with Gasteiger partial charge in [-0.25, -0.2) is 5.01 Å². The van der Waals surface area contributed by atoms with Gasteiger partial charge in [0.05, 0.1) is 0 Å². The van der Waals surface area contributed by atoms with E-state index in [1.165, 1.54) is 0 Å². The zero-order chi connectivity index (χ0) is 5.70. The molecular weight excluding hydrogens is 88.1 g/mol. The highest BCUT2D eigenvalue weighted by atomic mass is 15.5. The summed E-state index contributed by atoms with van der Waals surface area (Å²) in [5, 5.41) is 2.06. The molecule has 2 nitrogen and oxygen atoms in total. The Morgan fingerprint density at radius 2 is 2.00 bits per heavy atom. The molecule has 0 heterocycles. The van der Waals surface area contributed by atoms with Gasteiger partial charge in [-0.05, 0) is 0 Å². The quantitative estimate of drug-likeness (QED) is 0.521. The summed E-state index contributed by atoms with van der Waals surface area (Å²) in [6.45, 7) is 6.28. The van der Waals surface area contributed by atoms with Crippen molar-refractivity contribution >= 4 is 0 Å². The molecule has 0 unspecified atom stereocenters. The molecule has 0 aliphatic carbocycles. The Labute approximate surface area is 45.5 Å². The van der Waals surface area contributed by atoms with Gasteiger partial charge in [-0.2, -0.15) is 0 Å². The second-order valence-corrected chi connectivity index (χ2v) is 1.53. The molecule has 0 saturated heterocycles. The smallest absolute Gasteiger partial charge is 0.00989 e. The fraction of sp³-hybridized carbons (Fsp3) is 1.00. The Morgan fingerprint density at radius 1 is 1.43 bits per heavy atom. The lowest BCUT2D eigenvalue weighted by Crippen LogP contribution is -2.33. The van der Waals surface area contributed by atoms with E-state index in [0.29, 0.717) is 0 Å². The topological polar surface area (TPSA) is 15.3 Å². The van der Waals surface area contributed by atoms with Gasteiger partial charge in [0.15, 0.2) is 0 Å². The zero-order valence-electron chi connectivity index (χ0n) is 5.36. The van der Waals surface area contributed by atoms with E-state index in [2.05, 4.69) is 24.3 Å². The van der Waals surface area contributed by atoms with E-state index in [1.54, 1.807) is 0 Å². The van der Waals surface area contributed by atoms with Crippen molar-refractivity contribution in [2.75, 3.05) is 20.1 Å². The van der Waals surface area contributed by atoms with Crippen LogP contribution in [0.1, 0.15) is 13.8 Å². The van der Waals surface area contributed by atoms with Crippen LogP contribution < -0.4 is 5.43 Å². The van der Waals surface area contributed by atoms with Crippen LogP contribution in [0, 0.1) is 0 Å². The molecule has 0 aromatic rings. The van der Waals surface area contributed by atoms with Gasteiger partial charge in [0.25, 0.3) is 0 Å². The van der Waals surface area contributed by atoms with E-state index in [1.807, 2.05) is 7.05 Å². The van der Waals surface area contributed by atoms with Crippen LogP contribution >= 0.6 is 0 Å². The average Bonchev–Trinajstić information content (AvgIpc) is 1.68. The van der Waals surface area contributed by atoms with Crippen LogP contribution in [0.3, 0.4) is 0 Å². The minimum Gasteiger partial charge on any atom is -0.256 e. The average molecular weight is 102 g/mol. The number of rotatable bonds is 3. The maximum Gasteiger partial charge on any atom is 0.00989 e. The Bertz CT molecular complexity index is 37.1. The highest BCUT2D eigenvalue weighted by molar-refractivity contribution is 4.32. The molecule has 0 amide bonds. The molecule has 0 aromatic heterocycles. The predicted octanol–water partition coefficient (Wildman–Crippen LogP) is 0.463. The van der Waals surface area contributed by atoms with Crippen molar-refractivity contribution in [3.63, 3.8) is 0 Å². The maximum absolute atomic E-state index is 3.13. The first kappa shape index (κ1) is 6.92. The molecule has 2 heteroatoms. The highest BCUT2D eigenvalue weighted by Crippen LogP contribution is 1.68. The van der Waals surface area contributed by atoms with Crippen molar-refractivity contribution in [3.05, 3.63) is 0 Å². The predicted molar refractivity (Wildman–Crippen MR) is 32.0 cm³/mol. The first-order valence-corrected chi connectivity index (χ1v) is 2.75. The van der Waals surface area contributed by atoms with Crippen LogP contribution in [0.2, 0.25) is 0 Å². The van der Waals surface area contributed by atoms with Crippen LogP contribution in [0.5, 0.6) is 0 Å². The first-order chi connectivity index (χ1) is 3.31. The normalized spacial score (nSPS) is 10.3. The lowest BCUT2D eigenvalue weighted by Gasteiger charge is -2.12. The fourth-order valence-electron chi connectivity index (χ4n) is 0.382. The SMILES string of the molecule is CCNN(C)CC. The Morgan fingerprint density at radius 3 is 2.14 bits per heavy atom. The standard InChI is InChI=1S/C5H14N2/c1-4-6-7(3)5-2/h6H,4-5H2,1-3H3. The Balaban J connectivity index is 2.83. The van der Waals surface area contributed by atoms with Crippen LogP contribution in [-0.2, 0) is 0 Å². The molecule has 1 N–H and O–H groups in total. The monoisotopic (exact) mass is 102 g/mol. The summed E-state index contributed by atoms with van der Waals surface area (Å²) in [5.41, 5.74) is 3.13. The van der Waals surface area contributed by atoms with Gasteiger partial charge in [-0.3, -0.25) is 5.43 Å². The van der Waals surface area contributed by atoms with E-state index in [-0.39, 0.29) is 0 Å². The van der Waals surface area contributed by atoms with E-state index < -0.39 is 0 Å². The van der Waals surface area contributed by atoms with Crippen molar-refractivity contribution in [2.45, 2.75) is 13.8 Å². The second-order valence-electron chi connectivity index (χ2n) is 1.53. The van der Waals surface area contributed by atoms with Crippen molar-refractivity contribution in [1.82, 2.24) is 10.4 Å². The number of hydrazine groups is 1. The molecule has 7 heavy (non-hydrogen) atoms. The van der Waals surface area contributed by atoms with Gasteiger partial charge in [0.2, 0.25) is 0 Å². The van der Waals surface area contributed by atoms with Crippen molar-refractivity contribution in [2.24, 2.45) is 0 Å². The third kappa shape index (κ3) is 3.76. The third-order valence-corrected chi connectivity index (χ3v) is 0.902. The molecule has 0 saturated carbocycles. The van der Waals surface area contributed by atoms with Gasteiger partial charge < -0.3 is 0 Å². The van der Waals surface area contributed by atoms with Gasteiger partial charge in [0.1, 0.15) is 0 Å². The maximum atomic E-state index is 3.13. The molecule has 0 fully saturated rings. The van der Waals surface area contributed by atoms with Crippen LogP contribution in [-0.4, -0.2) is 25.1 Å². The van der Waals surface area contributed by atoms with Crippen LogP contribution in [0.25, 0.3) is 0 Å². The lowest BCUT2D eigenvalue weighted by atomic mass is 10.7. The number of nitrogens with zero attached hydrogens (tertiary/aromatic N) is 1. The minimum atomic E-state index is 1.02. The molecular formula is C5H14N2. The Hall–Kier alpha value is -0.0800. The van der Waals surface area contributed by atoms with Gasteiger partial charge >= 0.3 is 0 Å². The first-order valence-electron chi connectivity index (χ1n) is 2.75. The Kier molecular flexibility index (Phi) is 4.04. The minimum absolute atomic E-state index is 1.02. The molecule has 0 rings (SSSR count). The number of hydrogen-bond donors (Lipinski definition) is 1. The molecule has 0 aliphatic rings. The summed E-state index contributed by atoms with van der Waals surface area (Å²) in [7, 11) is 2.03. The summed E-state index contributed by atoms with van der Waals surface area (Å²) >= 11 is 0. The van der Waals surface area contributed by atoms with Crippen LogP contribution in [0.15, 0.2) is 0 Å². The van der Waals surface area contributed by atoms with E-state index >= 15 is 0 Å². The van der Waals surface area contributed by atoms with Crippen molar-refractivity contribution in [3.8, 4) is 0 Å². The summed E-state index contributed by atoms with van der Waals surface area (Å²) in [4.78, 5) is 0. The third-order valence-electron chi connectivity index (χ3n) is 0.902. The molecule has 0 radical (unpaired) electrons. The number of nitrogens with one attached hydrogen (secondary N) is 1. The molecule has 0 aromatic carbocycles. The van der Waals surface area contributed by atoms with Crippen molar-refractivity contribution in [1.29, 1.82) is 0 Å². The molecule has 0 bridgehead atoms. The molecule has 0 spiro atoms. The van der Waals surface area contributed by atoms with Crippen molar-refractivity contribution < 1.29 is 0 Å². The lowest BCUT2D eigenvalue weighted by molar-refractivity contribution is 0.255. The zero-order valence-corrected chi connectivity index (χ0v) is 5.36. The van der Waals surface area contributed by atoms with E-state index in [4.69, 9.17) is 0 Å². The summed E-state index contributed by atoms with van der Waals surface area (Å²) in [6, 6.07) is 0. The van der Waals surface area contributed by atoms with E-state index in [9.17, 15) is 0 Å². The number of hydrogen-bond acceptors (Lipinski definition) is 2.